The van der Waals surface area contributed by atoms with Crippen LogP contribution >= 0.6 is 0 Å². The monoisotopic (exact) mass is 742 g/mol. The fraction of sp³-hybridized carbons (Fsp3) is 0.308. The number of hydrogen-bond acceptors (Lipinski definition) is 2. The van der Waals surface area contributed by atoms with Gasteiger partial charge in [0.15, 0.2) is 0 Å². The zero-order valence-corrected chi connectivity index (χ0v) is 34.0. The Morgan fingerprint density at radius 3 is 0.945 bits per heavy atom. The van der Waals surface area contributed by atoms with Crippen LogP contribution in [0.2, 0.25) is 12.1 Å². The Balaban J connectivity index is 1.26. The number of unbranched alkanes of at least 4 members (excludes halogenated alkanes) is 10. The van der Waals surface area contributed by atoms with Crippen LogP contribution in [0.15, 0.2) is 133 Å². The van der Waals surface area contributed by atoms with E-state index in [1.54, 1.807) is 34.6 Å². The third kappa shape index (κ3) is 8.84. The van der Waals surface area contributed by atoms with Crippen LogP contribution in [0.25, 0.3) is 55.6 Å². The quantitative estimate of drug-likeness (QED) is 0.0680. The van der Waals surface area contributed by atoms with Crippen molar-refractivity contribution in [1.82, 2.24) is 0 Å². The molecule has 6 aromatic rings. The molecule has 0 saturated carbocycles. The van der Waals surface area contributed by atoms with E-state index in [1.807, 2.05) is 24.3 Å². The van der Waals surface area contributed by atoms with Crippen molar-refractivity contribution in [3.63, 3.8) is 0 Å². The summed E-state index contributed by atoms with van der Waals surface area (Å²) in [6, 6.07) is 50.4. The van der Waals surface area contributed by atoms with Gasteiger partial charge in [-0.15, -0.1) is 0 Å². The highest BCUT2D eigenvalue weighted by molar-refractivity contribution is 7.05. The largest absolute Gasteiger partial charge is 0.508 e. The van der Waals surface area contributed by atoms with Gasteiger partial charge in [-0.2, -0.15) is 0 Å². The van der Waals surface area contributed by atoms with Gasteiger partial charge in [0.1, 0.15) is 19.6 Å². The summed E-state index contributed by atoms with van der Waals surface area (Å²) in [5, 5.41) is 22.9. The second-order valence-corrected chi connectivity index (χ2v) is 20.1. The summed E-state index contributed by atoms with van der Waals surface area (Å²) in [5.41, 5.74) is 12.7. The topological polar surface area (TPSA) is 40.5 Å². The smallest absolute Gasteiger partial charge is 0.119 e. The molecule has 6 aromatic carbocycles. The molecule has 282 valence electrons. The Kier molecular flexibility index (Phi) is 12.7. The predicted octanol–water partition coefficient (Wildman–Crippen LogP) is 14.0. The van der Waals surface area contributed by atoms with Crippen LogP contribution in [0.4, 0.5) is 0 Å². The summed E-state index contributed by atoms with van der Waals surface area (Å²) < 4.78 is 0. The summed E-state index contributed by atoms with van der Waals surface area (Å²) in [7, 11) is -2.12. The lowest BCUT2D eigenvalue weighted by Crippen LogP contribution is -2.55. The number of phenols is 2. The lowest BCUT2D eigenvalue weighted by atomic mass is 9.96. The van der Waals surface area contributed by atoms with E-state index in [2.05, 4.69) is 98.8 Å². The molecule has 0 saturated heterocycles. The maximum atomic E-state index is 9.81. The minimum atomic E-state index is -2.12. The first-order valence-electron chi connectivity index (χ1n) is 21.1. The average molecular weight is 743 g/mol. The lowest BCUT2D eigenvalue weighted by Gasteiger charge is -2.31. The summed E-state index contributed by atoms with van der Waals surface area (Å²) in [4.78, 5) is 0. The molecular formula is C52H58O2Si. The first-order valence-corrected chi connectivity index (χ1v) is 23.5. The molecule has 0 amide bonds. The normalized spacial score (nSPS) is 12.8. The van der Waals surface area contributed by atoms with Crippen molar-refractivity contribution < 1.29 is 10.2 Å². The van der Waals surface area contributed by atoms with Crippen molar-refractivity contribution in [2.24, 2.45) is 0 Å². The van der Waals surface area contributed by atoms with Crippen molar-refractivity contribution in [3.8, 4) is 67.1 Å². The highest BCUT2D eigenvalue weighted by atomic mass is 28.3. The van der Waals surface area contributed by atoms with Gasteiger partial charge in [0.05, 0.1) is 0 Å². The molecule has 0 fully saturated rings. The van der Waals surface area contributed by atoms with Gasteiger partial charge in [0.2, 0.25) is 0 Å². The highest BCUT2D eigenvalue weighted by Crippen LogP contribution is 2.39. The van der Waals surface area contributed by atoms with Gasteiger partial charge in [-0.1, -0.05) is 200 Å². The molecule has 2 nitrogen and oxygen atoms in total. The molecule has 0 spiro atoms. The van der Waals surface area contributed by atoms with E-state index < -0.39 is 8.07 Å². The molecule has 1 aliphatic heterocycles. The summed E-state index contributed by atoms with van der Waals surface area (Å²) >= 11 is 0. The second-order valence-electron chi connectivity index (χ2n) is 15.9. The van der Waals surface area contributed by atoms with Gasteiger partial charge in [-0.25, -0.2) is 0 Å². The van der Waals surface area contributed by atoms with Crippen LogP contribution in [0.3, 0.4) is 0 Å². The highest BCUT2D eigenvalue weighted by Gasteiger charge is 2.44. The van der Waals surface area contributed by atoms with Crippen molar-refractivity contribution >= 4 is 18.4 Å². The van der Waals surface area contributed by atoms with E-state index in [0.717, 1.165) is 22.3 Å². The van der Waals surface area contributed by atoms with Crippen molar-refractivity contribution in [3.05, 3.63) is 133 Å². The first kappa shape index (κ1) is 38.4. The number of aromatic hydroxyl groups is 2. The van der Waals surface area contributed by atoms with Gasteiger partial charge in [-0.05, 0) is 102 Å². The molecule has 0 unspecified atom stereocenters. The van der Waals surface area contributed by atoms with Gasteiger partial charge in [0.25, 0.3) is 0 Å². The third-order valence-electron chi connectivity index (χ3n) is 12.1. The Morgan fingerprint density at radius 1 is 0.327 bits per heavy atom. The van der Waals surface area contributed by atoms with Crippen molar-refractivity contribution in [1.29, 1.82) is 0 Å². The molecule has 55 heavy (non-hydrogen) atoms. The van der Waals surface area contributed by atoms with Crippen LogP contribution in [-0.2, 0) is 0 Å². The summed E-state index contributed by atoms with van der Waals surface area (Å²) in [5.74, 6) is 0.592. The molecule has 3 heteroatoms. The Morgan fingerprint density at radius 2 is 0.600 bits per heavy atom. The SMILES string of the molecule is CCCCCCCC[Si]1(CCCCCCCC)c2cc(-c3ccc(-c4ccc(O)cc4)cc3)ccc2-c2ccc(-c3ccc(-c4ccc(O)cc4)cc3)cc21. The fourth-order valence-electron chi connectivity index (χ4n) is 8.95. The number of rotatable bonds is 18. The molecule has 1 heterocycles. The number of benzene rings is 6. The maximum Gasteiger partial charge on any atom is 0.119 e. The number of fused-ring (bicyclic) bond motifs is 3. The van der Waals surface area contributed by atoms with Crippen LogP contribution in [0, 0.1) is 0 Å². The van der Waals surface area contributed by atoms with Crippen LogP contribution < -0.4 is 10.4 Å². The van der Waals surface area contributed by atoms with Gasteiger partial charge >= 0.3 is 0 Å². The van der Waals surface area contributed by atoms with Gasteiger partial charge in [-0.3, -0.25) is 0 Å². The molecular weight excluding hydrogens is 685 g/mol. The Labute approximate surface area is 331 Å². The second kappa shape index (κ2) is 18.2. The lowest BCUT2D eigenvalue weighted by molar-refractivity contribution is 0.475. The van der Waals surface area contributed by atoms with E-state index >= 15 is 0 Å². The standard InChI is InChI=1S/C52H58O2Si/c1-3-5-7-9-11-13-35-55(36-14-12-10-8-6-4-2)51-37-45(43-19-15-39(16-20-43)41-23-29-47(53)30-24-41)27-33-49(51)50-34-28-46(38-52(50)55)44-21-17-40(18-22-44)42-25-31-48(54)32-26-42/h15-34,37-38,53-54H,3-14,35-36H2,1-2H3. The predicted molar refractivity (Wildman–Crippen MR) is 238 cm³/mol. The van der Waals surface area contributed by atoms with Crippen LogP contribution in [-0.4, -0.2) is 18.3 Å². The van der Waals surface area contributed by atoms with Crippen molar-refractivity contribution in [2.45, 2.75) is 103 Å². The fourth-order valence-corrected chi connectivity index (χ4v) is 14.6. The summed E-state index contributed by atoms with van der Waals surface area (Å²) in [6.45, 7) is 4.62. The minimum absolute atomic E-state index is 0.296. The molecule has 0 atom stereocenters. The molecule has 7 rings (SSSR count). The number of hydrogen-bond donors (Lipinski definition) is 2. The Bertz CT molecular complexity index is 1970. The molecule has 0 aromatic heterocycles. The molecule has 0 radical (unpaired) electrons. The van der Waals surface area contributed by atoms with Crippen LogP contribution in [0.5, 0.6) is 11.5 Å². The van der Waals surface area contributed by atoms with E-state index in [-0.39, 0.29) is 0 Å². The van der Waals surface area contributed by atoms with Crippen molar-refractivity contribution in [2.75, 3.05) is 0 Å². The molecule has 2 N–H and O–H groups in total. The van der Waals surface area contributed by atoms with E-state index in [1.165, 1.54) is 123 Å². The average Bonchev–Trinajstić information content (AvgIpc) is 3.49. The first-order chi connectivity index (χ1) is 27.0. The van der Waals surface area contributed by atoms with E-state index in [9.17, 15) is 10.2 Å². The molecule has 0 aliphatic carbocycles. The molecule has 0 bridgehead atoms. The van der Waals surface area contributed by atoms with E-state index in [0.29, 0.717) is 11.5 Å². The third-order valence-corrected chi connectivity index (χ3v) is 17.4. The minimum Gasteiger partial charge on any atom is -0.508 e. The van der Waals surface area contributed by atoms with Gasteiger partial charge < -0.3 is 10.2 Å². The number of phenolic OH excluding ortho intramolecular Hbond substituents is 2. The van der Waals surface area contributed by atoms with E-state index in [4.69, 9.17) is 0 Å². The Hall–Kier alpha value is -4.86. The maximum absolute atomic E-state index is 9.81. The zero-order chi connectivity index (χ0) is 38.0. The van der Waals surface area contributed by atoms with Gasteiger partial charge in [0, 0.05) is 0 Å². The summed E-state index contributed by atoms with van der Waals surface area (Å²) in [6.07, 6.45) is 15.9. The molecule has 1 aliphatic rings. The van der Waals surface area contributed by atoms with Crippen LogP contribution in [0.1, 0.15) is 90.9 Å². The zero-order valence-electron chi connectivity index (χ0n) is 33.0.